The number of hydrogen-bond donors (Lipinski definition) is 2. The number of rotatable bonds is 4. The monoisotopic (exact) mass is 433 g/mol. The maximum Gasteiger partial charge on any atom is 0.335 e. The van der Waals surface area contributed by atoms with E-state index in [0.717, 1.165) is 35.5 Å². The molecule has 2 atom stereocenters. The highest BCUT2D eigenvalue weighted by atomic mass is 16.4. The largest absolute Gasteiger partial charge is 0.478 e. The summed E-state index contributed by atoms with van der Waals surface area (Å²) < 4.78 is 2.30. The molecule has 2 unspecified atom stereocenters. The van der Waals surface area contributed by atoms with Gasteiger partial charge in [0.15, 0.2) is 0 Å². The number of fused-ring (bicyclic) bond motifs is 1. The van der Waals surface area contributed by atoms with E-state index in [-0.39, 0.29) is 16.4 Å². The first-order valence-electron chi connectivity index (χ1n) is 11.6. The van der Waals surface area contributed by atoms with E-state index in [2.05, 4.69) is 75.7 Å². The van der Waals surface area contributed by atoms with E-state index in [9.17, 15) is 9.90 Å². The van der Waals surface area contributed by atoms with Crippen LogP contribution in [0.1, 0.15) is 82.8 Å². The van der Waals surface area contributed by atoms with Crippen molar-refractivity contribution in [3.63, 3.8) is 0 Å². The third kappa shape index (κ3) is 4.52. The van der Waals surface area contributed by atoms with Crippen molar-refractivity contribution in [3.8, 4) is 0 Å². The molecule has 0 amide bonds. The van der Waals surface area contributed by atoms with Crippen molar-refractivity contribution in [2.45, 2.75) is 72.3 Å². The molecular weight excluding hydrogens is 398 g/mol. The van der Waals surface area contributed by atoms with Crippen LogP contribution in [0.25, 0.3) is 11.0 Å². The summed E-state index contributed by atoms with van der Waals surface area (Å²) in [7, 11) is 0. The Kier molecular flexibility index (Phi) is 5.56. The van der Waals surface area contributed by atoms with E-state index >= 15 is 0 Å². The number of carboxylic acid groups (broad SMARTS) is 1. The lowest BCUT2D eigenvalue weighted by Crippen LogP contribution is -2.29. The third-order valence-electron chi connectivity index (χ3n) is 6.67. The lowest BCUT2D eigenvalue weighted by Gasteiger charge is -2.40. The summed E-state index contributed by atoms with van der Waals surface area (Å²) >= 11 is 0. The van der Waals surface area contributed by atoms with Crippen molar-refractivity contribution in [1.82, 2.24) is 9.55 Å². The van der Waals surface area contributed by atoms with Gasteiger partial charge in [-0.05, 0) is 71.9 Å². The van der Waals surface area contributed by atoms with Gasteiger partial charge in [-0.25, -0.2) is 9.78 Å². The van der Waals surface area contributed by atoms with Crippen LogP contribution in [0.2, 0.25) is 0 Å². The molecule has 0 spiro atoms. The van der Waals surface area contributed by atoms with Crippen LogP contribution in [-0.4, -0.2) is 20.6 Å². The van der Waals surface area contributed by atoms with Crippen LogP contribution < -0.4 is 5.32 Å². The molecular formula is C27H35N3O2. The maximum atomic E-state index is 11.5. The number of anilines is 2. The van der Waals surface area contributed by atoms with Gasteiger partial charge in [-0.3, -0.25) is 0 Å². The molecule has 1 aromatic heterocycles. The summed E-state index contributed by atoms with van der Waals surface area (Å²) in [5.41, 5.74) is 4.59. The van der Waals surface area contributed by atoms with Gasteiger partial charge in [0.05, 0.1) is 16.6 Å². The van der Waals surface area contributed by atoms with Gasteiger partial charge in [0.1, 0.15) is 0 Å². The molecule has 170 valence electrons. The van der Waals surface area contributed by atoms with E-state index < -0.39 is 5.97 Å². The number of carbonyl (C=O) groups is 1. The summed E-state index contributed by atoms with van der Waals surface area (Å²) in [6.45, 7) is 13.6. The van der Waals surface area contributed by atoms with Crippen molar-refractivity contribution >= 4 is 28.6 Å². The summed E-state index contributed by atoms with van der Waals surface area (Å²) in [6.07, 6.45) is 3.38. The topological polar surface area (TPSA) is 67.2 Å². The van der Waals surface area contributed by atoms with Crippen LogP contribution in [0.3, 0.4) is 0 Å². The van der Waals surface area contributed by atoms with Gasteiger partial charge in [0, 0.05) is 11.7 Å². The van der Waals surface area contributed by atoms with E-state index in [1.165, 1.54) is 12.0 Å². The molecule has 2 aromatic carbocycles. The molecule has 5 heteroatoms. The van der Waals surface area contributed by atoms with Crippen molar-refractivity contribution in [2.24, 2.45) is 11.3 Å². The molecule has 3 aromatic rings. The van der Waals surface area contributed by atoms with Crippen LogP contribution in [0.15, 0.2) is 42.5 Å². The van der Waals surface area contributed by atoms with Crippen molar-refractivity contribution in [3.05, 3.63) is 53.6 Å². The Labute approximate surface area is 190 Å². The van der Waals surface area contributed by atoms with Gasteiger partial charge in [0.25, 0.3) is 0 Å². The van der Waals surface area contributed by atoms with E-state index in [1.54, 1.807) is 12.1 Å². The summed E-state index contributed by atoms with van der Waals surface area (Å²) in [5.74, 6) is 0.473. The molecule has 0 aliphatic heterocycles. The minimum atomic E-state index is -0.929. The molecule has 0 saturated heterocycles. The Bertz CT molecular complexity index is 1140. The van der Waals surface area contributed by atoms with E-state index in [0.29, 0.717) is 12.0 Å². The summed E-state index contributed by atoms with van der Waals surface area (Å²) in [5, 5.41) is 13.0. The van der Waals surface area contributed by atoms with Gasteiger partial charge in [-0.1, -0.05) is 53.7 Å². The van der Waals surface area contributed by atoms with Crippen LogP contribution in [-0.2, 0) is 5.41 Å². The molecule has 4 rings (SSSR count). The average Bonchev–Trinajstić information content (AvgIpc) is 3.03. The lowest BCUT2D eigenvalue weighted by molar-refractivity contribution is 0.0697. The third-order valence-corrected chi connectivity index (χ3v) is 6.67. The first-order chi connectivity index (χ1) is 14.9. The smallest absolute Gasteiger partial charge is 0.335 e. The number of nitrogens with one attached hydrogen (secondary N) is 1. The second-order valence-corrected chi connectivity index (χ2v) is 11.3. The van der Waals surface area contributed by atoms with Crippen molar-refractivity contribution < 1.29 is 9.90 Å². The van der Waals surface area contributed by atoms with Crippen LogP contribution >= 0.6 is 0 Å². The predicted octanol–water partition coefficient (Wildman–Crippen LogP) is 7.16. The first kappa shape index (κ1) is 22.4. The minimum absolute atomic E-state index is 0.0999. The number of nitrogens with zero attached hydrogens (tertiary/aromatic N) is 2. The van der Waals surface area contributed by atoms with Crippen LogP contribution in [0.5, 0.6) is 0 Å². The van der Waals surface area contributed by atoms with Crippen LogP contribution in [0, 0.1) is 11.3 Å². The highest BCUT2D eigenvalue weighted by Gasteiger charge is 2.34. The molecule has 0 bridgehead atoms. The fraction of sp³-hybridized carbons (Fsp3) is 0.481. The second kappa shape index (κ2) is 7.95. The minimum Gasteiger partial charge on any atom is -0.478 e. The Morgan fingerprint density at radius 2 is 1.81 bits per heavy atom. The Morgan fingerprint density at radius 1 is 1.12 bits per heavy atom. The Balaban J connectivity index is 1.78. The van der Waals surface area contributed by atoms with Crippen molar-refractivity contribution in [2.75, 3.05) is 5.32 Å². The zero-order valence-corrected chi connectivity index (χ0v) is 20.1. The van der Waals surface area contributed by atoms with Gasteiger partial charge >= 0.3 is 5.97 Å². The van der Waals surface area contributed by atoms with E-state index in [1.807, 2.05) is 6.07 Å². The van der Waals surface area contributed by atoms with E-state index in [4.69, 9.17) is 4.98 Å². The molecule has 5 nitrogen and oxygen atoms in total. The highest BCUT2D eigenvalue weighted by molar-refractivity contribution is 5.93. The van der Waals surface area contributed by atoms with Gasteiger partial charge in [-0.2, -0.15) is 0 Å². The number of hydrogen-bond acceptors (Lipinski definition) is 3. The molecule has 1 heterocycles. The fourth-order valence-corrected chi connectivity index (χ4v) is 5.36. The normalized spacial score (nSPS) is 20.9. The van der Waals surface area contributed by atoms with Crippen LogP contribution in [0.4, 0.5) is 11.6 Å². The van der Waals surface area contributed by atoms with Gasteiger partial charge in [-0.15, -0.1) is 0 Å². The molecule has 1 saturated carbocycles. The number of aromatic nitrogens is 2. The number of imidazole rings is 1. The SMILES string of the molecule is CC1CC(n2c(Nc3ccc(C(C)(C)C)cc3)nc3cc(C(=O)O)ccc32)CC(C)(C)C1. The number of benzene rings is 2. The first-order valence-corrected chi connectivity index (χ1v) is 11.6. The number of aromatic carboxylic acids is 1. The molecule has 1 aliphatic rings. The predicted molar refractivity (Wildman–Crippen MR) is 131 cm³/mol. The standard InChI is InChI=1S/C27H35N3O2/c1-17-13-21(16-27(5,6)15-17)30-23-12-7-18(24(31)32)14-22(23)29-25(30)28-20-10-8-19(9-11-20)26(2,3)4/h7-12,14,17,21H,13,15-16H2,1-6H3,(H,28,29)(H,31,32). The van der Waals surface area contributed by atoms with Gasteiger partial charge in [0.2, 0.25) is 5.95 Å². The molecule has 0 radical (unpaired) electrons. The summed E-state index contributed by atoms with van der Waals surface area (Å²) in [4.78, 5) is 16.4. The lowest BCUT2D eigenvalue weighted by atomic mass is 9.70. The zero-order chi connectivity index (χ0) is 23.3. The Morgan fingerprint density at radius 3 is 2.41 bits per heavy atom. The molecule has 32 heavy (non-hydrogen) atoms. The second-order valence-electron chi connectivity index (χ2n) is 11.3. The van der Waals surface area contributed by atoms with Crippen molar-refractivity contribution in [1.29, 1.82) is 0 Å². The number of carboxylic acids is 1. The molecule has 1 fully saturated rings. The fourth-order valence-electron chi connectivity index (χ4n) is 5.36. The Hall–Kier alpha value is -2.82. The quantitative estimate of drug-likeness (QED) is 0.458. The highest BCUT2D eigenvalue weighted by Crippen LogP contribution is 2.46. The zero-order valence-electron chi connectivity index (χ0n) is 20.1. The molecule has 2 N–H and O–H groups in total. The average molecular weight is 434 g/mol. The van der Waals surface area contributed by atoms with Gasteiger partial charge < -0.3 is 15.0 Å². The molecule has 1 aliphatic carbocycles. The maximum absolute atomic E-state index is 11.5. The summed E-state index contributed by atoms with van der Waals surface area (Å²) in [6, 6.07) is 14.1.